The molecule has 1 aromatic heterocycles. The predicted molar refractivity (Wildman–Crippen MR) is 78.8 cm³/mol. The molecule has 1 amide bonds. The highest BCUT2D eigenvalue weighted by Crippen LogP contribution is 2.29. The molecule has 110 valence electrons. The van der Waals surface area contributed by atoms with Crippen LogP contribution in [0.15, 0.2) is 36.4 Å². The Morgan fingerprint density at radius 1 is 1.33 bits per heavy atom. The molecule has 2 aromatic rings. The summed E-state index contributed by atoms with van der Waals surface area (Å²) in [5.74, 6) is -0.0478. The number of aryl methyl sites for hydroxylation is 2. The maximum Gasteiger partial charge on any atom is 0.242 e. The summed E-state index contributed by atoms with van der Waals surface area (Å²) in [6.07, 6.45) is 0. The molecule has 0 saturated carbocycles. The van der Waals surface area contributed by atoms with Gasteiger partial charge in [0.15, 0.2) is 0 Å². The minimum atomic E-state index is -0.394. The summed E-state index contributed by atoms with van der Waals surface area (Å²) in [7, 11) is 0. The molecule has 1 saturated heterocycles. The molecule has 5 heteroatoms. The lowest BCUT2D eigenvalue weighted by Crippen LogP contribution is -2.59. The summed E-state index contributed by atoms with van der Waals surface area (Å²) in [6.45, 7) is 5.13. The molecule has 1 aliphatic rings. The van der Waals surface area contributed by atoms with Crippen LogP contribution in [0.2, 0.25) is 0 Å². The molecule has 21 heavy (non-hydrogen) atoms. The predicted octanol–water partition coefficient (Wildman–Crippen LogP) is 1.54. The maximum absolute atomic E-state index is 12.3. The van der Waals surface area contributed by atoms with Crippen LogP contribution >= 0.6 is 0 Å². The van der Waals surface area contributed by atoms with Gasteiger partial charge in [0, 0.05) is 5.69 Å². The number of nitrogens with one attached hydrogen (secondary N) is 1. The lowest BCUT2D eigenvalue weighted by molar-refractivity contribution is -0.134. The van der Waals surface area contributed by atoms with Crippen LogP contribution in [0.1, 0.15) is 17.0 Å². The van der Waals surface area contributed by atoms with E-state index in [4.69, 9.17) is 4.74 Å². The van der Waals surface area contributed by atoms with Crippen molar-refractivity contribution in [2.75, 3.05) is 13.2 Å². The van der Waals surface area contributed by atoms with Crippen molar-refractivity contribution < 1.29 is 9.53 Å². The Balaban J connectivity index is 1.73. The van der Waals surface area contributed by atoms with Gasteiger partial charge in [0.2, 0.25) is 5.91 Å². The number of ether oxygens (including phenoxy) is 1. The molecule has 1 aliphatic heterocycles. The van der Waals surface area contributed by atoms with E-state index in [2.05, 4.69) is 10.4 Å². The third-order valence-electron chi connectivity index (χ3n) is 3.80. The summed E-state index contributed by atoms with van der Waals surface area (Å²) >= 11 is 0. The zero-order valence-electron chi connectivity index (χ0n) is 12.3. The van der Waals surface area contributed by atoms with E-state index in [-0.39, 0.29) is 12.5 Å². The van der Waals surface area contributed by atoms with Crippen LogP contribution < -0.4 is 5.32 Å². The van der Waals surface area contributed by atoms with Crippen molar-refractivity contribution in [1.82, 2.24) is 15.1 Å². The van der Waals surface area contributed by atoms with Crippen LogP contribution in [0.3, 0.4) is 0 Å². The molecule has 3 rings (SSSR count). The molecule has 5 nitrogen and oxygen atoms in total. The van der Waals surface area contributed by atoms with Crippen molar-refractivity contribution in [1.29, 1.82) is 0 Å². The topological polar surface area (TPSA) is 56.2 Å². The van der Waals surface area contributed by atoms with Crippen LogP contribution in [-0.4, -0.2) is 28.9 Å². The summed E-state index contributed by atoms with van der Waals surface area (Å²) in [4.78, 5) is 12.3. The van der Waals surface area contributed by atoms with E-state index < -0.39 is 5.54 Å². The average Bonchev–Trinajstić information content (AvgIpc) is 2.73. The first-order valence-corrected chi connectivity index (χ1v) is 7.04. The van der Waals surface area contributed by atoms with Gasteiger partial charge < -0.3 is 10.1 Å². The van der Waals surface area contributed by atoms with Gasteiger partial charge in [-0.3, -0.25) is 9.48 Å². The van der Waals surface area contributed by atoms with E-state index in [1.807, 2.05) is 50.2 Å². The minimum absolute atomic E-state index is 0.0478. The first kappa shape index (κ1) is 13.8. The zero-order chi connectivity index (χ0) is 14.9. The van der Waals surface area contributed by atoms with E-state index in [0.29, 0.717) is 13.2 Å². The summed E-state index contributed by atoms with van der Waals surface area (Å²) in [5, 5.41) is 7.43. The quantitative estimate of drug-likeness (QED) is 0.927. The van der Waals surface area contributed by atoms with Gasteiger partial charge in [0.1, 0.15) is 12.1 Å². The molecular formula is C16H19N3O2. The lowest BCUT2D eigenvalue weighted by Gasteiger charge is -2.42. The Morgan fingerprint density at radius 2 is 2.05 bits per heavy atom. The Labute approximate surface area is 123 Å². The van der Waals surface area contributed by atoms with Crippen molar-refractivity contribution in [2.24, 2.45) is 0 Å². The molecule has 1 N–H and O–H groups in total. The zero-order valence-corrected chi connectivity index (χ0v) is 12.3. The molecule has 2 heterocycles. The smallest absolute Gasteiger partial charge is 0.242 e. The SMILES string of the molecule is Cc1cc(C)n(CC(=O)NC2(c3ccccc3)COC2)n1. The van der Waals surface area contributed by atoms with Gasteiger partial charge in [0.25, 0.3) is 0 Å². The Kier molecular flexibility index (Phi) is 3.51. The van der Waals surface area contributed by atoms with E-state index in [0.717, 1.165) is 17.0 Å². The number of benzene rings is 1. The van der Waals surface area contributed by atoms with Gasteiger partial charge in [-0.25, -0.2) is 0 Å². The molecule has 1 aromatic carbocycles. The van der Waals surface area contributed by atoms with Gasteiger partial charge in [-0.1, -0.05) is 30.3 Å². The van der Waals surface area contributed by atoms with Gasteiger partial charge in [-0.15, -0.1) is 0 Å². The highest BCUT2D eigenvalue weighted by Gasteiger charge is 2.41. The van der Waals surface area contributed by atoms with Crippen molar-refractivity contribution in [3.63, 3.8) is 0 Å². The Bertz CT molecular complexity index is 645. The number of amides is 1. The molecule has 0 unspecified atom stereocenters. The standard InChI is InChI=1S/C16H19N3O2/c1-12-8-13(2)19(18-12)9-15(20)17-16(10-21-11-16)14-6-4-3-5-7-14/h3-8H,9-11H2,1-2H3,(H,17,20). The maximum atomic E-state index is 12.3. The van der Waals surface area contributed by atoms with E-state index in [1.54, 1.807) is 4.68 Å². The molecule has 0 aliphatic carbocycles. The van der Waals surface area contributed by atoms with Gasteiger partial charge in [0.05, 0.1) is 18.9 Å². The van der Waals surface area contributed by atoms with Crippen molar-refractivity contribution in [3.05, 3.63) is 53.3 Å². The third-order valence-corrected chi connectivity index (χ3v) is 3.80. The first-order valence-electron chi connectivity index (χ1n) is 7.04. The number of carbonyl (C=O) groups is 1. The highest BCUT2D eigenvalue weighted by atomic mass is 16.5. The number of nitrogens with zero attached hydrogens (tertiary/aromatic N) is 2. The molecule has 0 atom stereocenters. The molecular weight excluding hydrogens is 266 g/mol. The van der Waals surface area contributed by atoms with E-state index >= 15 is 0 Å². The summed E-state index contributed by atoms with van der Waals surface area (Å²) in [5.41, 5.74) is 2.60. The third kappa shape index (κ3) is 2.69. The van der Waals surface area contributed by atoms with Gasteiger partial charge >= 0.3 is 0 Å². The second-order valence-electron chi connectivity index (χ2n) is 5.57. The highest BCUT2D eigenvalue weighted by molar-refractivity contribution is 5.77. The van der Waals surface area contributed by atoms with Crippen LogP contribution in [0.5, 0.6) is 0 Å². The van der Waals surface area contributed by atoms with Crippen molar-refractivity contribution in [3.8, 4) is 0 Å². The van der Waals surface area contributed by atoms with Crippen molar-refractivity contribution >= 4 is 5.91 Å². The van der Waals surface area contributed by atoms with Crippen LogP contribution in [0.25, 0.3) is 0 Å². The lowest BCUT2D eigenvalue weighted by atomic mass is 9.88. The van der Waals surface area contributed by atoms with Gasteiger partial charge in [-0.2, -0.15) is 5.10 Å². The second-order valence-corrected chi connectivity index (χ2v) is 5.57. The number of hydrogen-bond donors (Lipinski definition) is 1. The Hall–Kier alpha value is -2.14. The number of aromatic nitrogens is 2. The first-order chi connectivity index (χ1) is 10.1. The molecule has 0 spiro atoms. The minimum Gasteiger partial charge on any atom is -0.376 e. The number of rotatable bonds is 4. The van der Waals surface area contributed by atoms with Crippen LogP contribution in [0, 0.1) is 13.8 Å². The largest absolute Gasteiger partial charge is 0.376 e. The molecule has 1 fully saturated rings. The van der Waals surface area contributed by atoms with Crippen LogP contribution in [0.4, 0.5) is 0 Å². The van der Waals surface area contributed by atoms with Crippen molar-refractivity contribution in [2.45, 2.75) is 25.9 Å². The number of carbonyl (C=O) groups excluding carboxylic acids is 1. The second kappa shape index (κ2) is 5.33. The number of hydrogen-bond acceptors (Lipinski definition) is 3. The molecule has 0 radical (unpaired) electrons. The summed E-state index contributed by atoms with van der Waals surface area (Å²) in [6, 6.07) is 11.9. The molecule has 0 bridgehead atoms. The van der Waals surface area contributed by atoms with E-state index in [1.165, 1.54) is 0 Å². The van der Waals surface area contributed by atoms with Gasteiger partial charge in [-0.05, 0) is 25.5 Å². The van der Waals surface area contributed by atoms with E-state index in [9.17, 15) is 4.79 Å². The normalized spacial score (nSPS) is 16.3. The fourth-order valence-electron chi connectivity index (χ4n) is 2.65. The fraction of sp³-hybridized carbons (Fsp3) is 0.375. The summed E-state index contributed by atoms with van der Waals surface area (Å²) < 4.78 is 7.06. The van der Waals surface area contributed by atoms with Crippen LogP contribution in [-0.2, 0) is 21.6 Å². The fourth-order valence-corrected chi connectivity index (χ4v) is 2.65. The Morgan fingerprint density at radius 3 is 2.57 bits per heavy atom. The monoisotopic (exact) mass is 285 g/mol. The average molecular weight is 285 g/mol.